The van der Waals surface area contributed by atoms with Gasteiger partial charge in [0.05, 0.1) is 55.6 Å². The number of carboxylic acids is 1. The van der Waals surface area contributed by atoms with Crippen molar-refractivity contribution >= 4 is 34.6 Å². The van der Waals surface area contributed by atoms with E-state index in [0.29, 0.717) is 51.4 Å². The molecule has 7 saturated heterocycles. The number of hydrogen-bond acceptors (Lipinski definition) is 38. The Balaban J connectivity index is 0.823. The van der Waals surface area contributed by atoms with E-state index in [-0.39, 0.29) is 24.2 Å². The zero-order valence-corrected chi connectivity index (χ0v) is 64.7. The number of allylic oxidation sites excluding steroid dienone is 2. The molecule has 0 bridgehead atoms. The van der Waals surface area contributed by atoms with Gasteiger partial charge >= 0.3 is 28.3 Å². The van der Waals surface area contributed by atoms with Crippen LogP contribution in [0.3, 0.4) is 0 Å². The predicted octanol–water partition coefficient (Wildman–Crippen LogP) is -5.56. The van der Waals surface area contributed by atoms with Gasteiger partial charge in [-0.25, -0.2) is 8.98 Å². The molecule has 4 saturated carbocycles. The molecule has 646 valence electrons. The van der Waals surface area contributed by atoms with Gasteiger partial charge in [-0.15, -0.1) is 0 Å². The first-order chi connectivity index (χ1) is 52.8. The fourth-order valence-electron chi connectivity index (χ4n) is 20.7. The molecule has 0 amide bonds. The van der Waals surface area contributed by atoms with Gasteiger partial charge in [0.15, 0.2) is 56.1 Å². The molecule has 0 aromatic carbocycles. The minimum atomic E-state index is -5.46. The Morgan fingerprint density at radius 1 is 0.513 bits per heavy atom. The van der Waals surface area contributed by atoms with Crippen LogP contribution in [0.15, 0.2) is 11.6 Å². The van der Waals surface area contributed by atoms with Crippen molar-refractivity contribution < 1.29 is 194 Å². The Kier molecular flexibility index (Phi) is 26.3. The van der Waals surface area contributed by atoms with Crippen molar-refractivity contribution in [2.75, 3.05) is 26.4 Å². The molecule has 0 spiro atoms. The lowest BCUT2D eigenvalue weighted by Gasteiger charge is -2.71. The second kappa shape index (κ2) is 33.5. The number of aliphatic hydroxyl groups excluding tert-OH is 16. The van der Waals surface area contributed by atoms with E-state index in [9.17, 15) is 114 Å². The first-order valence-corrected chi connectivity index (χ1v) is 39.8. The lowest BCUT2D eigenvalue weighted by molar-refractivity contribution is -0.394. The SMILES string of the molecule is CC(=O)OC1C(C)OC(OC(=O)C23CCC(C)(C)CC2C2=CCC4C5(C)CCC(OC6OC(C(=O)O)C(O)C(OC7OCC(O)C(O)C7O)C6OC6OC(CO)C(O)C(O)C6O)C(C)(C=O)C5CCC4(C)C2(C)CC3)C(OC2OC(C)C(OC3OCC(O)C(O)C3O)C(OC3OC(CO)C(O)C(OS(=O)(=O)O)C3O)C2O)C1O. The molecular formula is C72H112O40S. The maximum atomic E-state index is 16.0. The molecule has 0 aromatic rings. The van der Waals surface area contributed by atoms with Crippen LogP contribution in [0.25, 0.3) is 0 Å². The van der Waals surface area contributed by atoms with E-state index in [2.05, 4.69) is 44.9 Å². The molecule has 12 aliphatic rings. The summed E-state index contributed by atoms with van der Waals surface area (Å²) >= 11 is 0. The number of aliphatic hydroxyl groups is 16. The van der Waals surface area contributed by atoms with E-state index >= 15 is 4.79 Å². The van der Waals surface area contributed by atoms with Gasteiger partial charge in [-0.1, -0.05) is 53.2 Å². The third-order valence-electron chi connectivity index (χ3n) is 27.3. The lowest BCUT2D eigenvalue weighted by Crippen LogP contribution is -2.69. The first kappa shape index (κ1) is 88.8. The summed E-state index contributed by atoms with van der Waals surface area (Å²) in [5.41, 5.74) is -3.99. The smallest absolute Gasteiger partial charge is 0.397 e. The average Bonchev–Trinajstić information content (AvgIpc) is 0.671. The zero-order chi connectivity index (χ0) is 82.8. The second-order valence-electron chi connectivity index (χ2n) is 34.5. The highest BCUT2D eigenvalue weighted by Gasteiger charge is 2.72. The fourth-order valence-corrected chi connectivity index (χ4v) is 21.2. The molecule has 42 atom stereocenters. The van der Waals surface area contributed by atoms with Crippen molar-refractivity contribution in [3.63, 3.8) is 0 Å². The lowest BCUT2D eigenvalue weighted by atomic mass is 9.33. The number of carbonyl (C=O) groups excluding carboxylic acids is 3. The first-order valence-electron chi connectivity index (χ1n) is 38.5. The highest BCUT2D eigenvalue weighted by molar-refractivity contribution is 7.80. The molecule has 41 heteroatoms. The van der Waals surface area contributed by atoms with Crippen LogP contribution in [0.1, 0.15) is 127 Å². The van der Waals surface area contributed by atoms with Crippen molar-refractivity contribution in [2.45, 2.75) is 335 Å². The van der Waals surface area contributed by atoms with Gasteiger partial charge < -0.3 is 163 Å². The summed E-state index contributed by atoms with van der Waals surface area (Å²) in [6.45, 7) is 13.1. The van der Waals surface area contributed by atoms with Crippen molar-refractivity contribution in [2.24, 2.45) is 50.2 Å². The molecule has 7 aliphatic heterocycles. The Morgan fingerprint density at radius 2 is 1.04 bits per heavy atom. The van der Waals surface area contributed by atoms with Crippen molar-refractivity contribution in [1.29, 1.82) is 0 Å². The van der Waals surface area contributed by atoms with Crippen LogP contribution in [-0.4, -0.2) is 359 Å². The van der Waals surface area contributed by atoms with E-state index in [4.69, 9.17) is 71.1 Å². The number of carbonyl (C=O) groups is 4. The number of rotatable bonds is 21. The molecule has 5 aliphatic carbocycles. The third kappa shape index (κ3) is 16.2. The van der Waals surface area contributed by atoms with Gasteiger partial charge in [0.1, 0.15) is 134 Å². The molecule has 113 heavy (non-hydrogen) atoms. The topological polar surface area (TPSA) is 614 Å². The van der Waals surface area contributed by atoms with E-state index in [1.165, 1.54) is 13.8 Å². The minimum absolute atomic E-state index is 0.103. The van der Waals surface area contributed by atoms with E-state index in [1.807, 2.05) is 0 Å². The Morgan fingerprint density at radius 3 is 1.63 bits per heavy atom. The summed E-state index contributed by atoms with van der Waals surface area (Å²) in [6, 6.07) is 0. The second-order valence-corrected chi connectivity index (χ2v) is 35.6. The van der Waals surface area contributed by atoms with Crippen LogP contribution in [0.5, 0.6) is 0 Å². The van der Waals surface area contributed by atoms with Gasteiger partial charge in [0.25, 0.3) is 0 Å². The predicted molar refractivity (Wildman–Crippen MR) is 367 cm³/mol. The molecule has 0 radical (unpaired) electrons. The number of esters is 2. The largest absolute Gasteiger partial charge is 0.479 e. The third-order valence-corrected chi connectivity index (χ3v) is 27.8. The molecule has 42 unspecified atom stereocenters. The number of fused-ring (bicyclic) bond motifs is 7. The molecule has 11 fully saturated rings. The van der Waals surface area contributed by atoms with E-state index in [1.54, 1.807) is 6.92 Å². The van der Waals surface area contributed by atoms with Gasteiger partial charge in [-0.3, -0.25) is 14.1 Å². The summed E-state index contributed by atoms with van der Waals surface area (Å²) in [7, 11) is -5.46. The molecule has 18 N–H and O–H groups in total. The van der Waals surface area contributed by atoms with Gasteiger partial charge in [0, 0.05) is 6.92 Å². The summed E-state index contributed by atoms with van der Waals surface area (Å²) in [5.74, 6) is -4.54. The van der Waals surface area contributed by atoms with Crippen molar-refractivity contribution in [3.8, 4) is 0 Å². The van der Waals surface area contributed by atoms with E-state index in [0.717, 1.165) is 18.8 Å². The maximum Gasteiger partial charge on any atom is 0.397 e. The molecule has 7 heterocycles. The minimum Gasteiger partial charge on any atom is -0.479 e. The van der Waals surface area contributed by atoms with Crippen LogP contribution in [0.2, 0.25) is 0 Å². The van der Waals surface area contributed by atoms with Gasteiger partial charge in [-0.2, -0.15) is 8.42 Å². The van der Waals surface area contributed by atoms with Gasteiger partial charge in [-0.05, 0) is 117 Å². The molecular weight excluding hydrogens is 1540 g/mol. The monoisotopic (exact) mass is 1650 g/mol. The highest BCUT2D eigenvalue weighted by Crippen LogP contribution is 2.76. The summed E-state index contributed by atoms with van der Waals surface area (Å²) in [6.07, 6.45) is -57.8. The van der Waals surface area contributed by atoms with Crippen LogP contribution < -0.4 is 0 Å². The molecule has 0 aromatic heterocycles. The highest BCUT2D eigenvalue weighted by atomic mass is 32.3. The average molecular weight is 1650 g/mol. The quantitative estimate of drug-likeness (QED) is 0.0168. The van der Waals surface area contributed by atoms with Crippen molar-refractivity contribution in [3.05, 3.63) is 11.6 Å². The Hall–Kier alpha value is -3.47. The van der Waals surface area contributed by atoms with Crippen LogP contribution in [0, 0.1) is 50.2 Å². The zero-order valence-electron chi connectivity index (χ0n) is 63.9. The Bertz CT molecular complexity index is 3500. The van der Waals surface area contributed by atoms with Crippen LogP contribution in [-0.2, 0) is 105 Å². The fraction of sp³-hybridized carbons (Fsp3) is 0.917. The maximum absolute atomic E-state index is 16.0. The molecule has 12 rings (SSSR count). The number of aliphatic carboxylic acids is 1. The van der Waals surface area contributed by atoms with Gasteiger partial charge in [0.2, 0.25) is 6.29 Å². The summed E-state index contributed by atoms with van der Waals surface area (Å²) < 4.78 is 129. The number of ether oxygens (including phenoxy) is 15. The number of carboxylic acid groups (broad SMARTS) is 1. The summed E-state index contributed by atoms with van der Waals surface area (Å²) in [4.78, 5) is 56.1. The van der Waals surface area contributed by atoms with Crippen LogP contribution in [0.4, 0.5) is 0 Å². The van der Waals surface area contributed by atoms with Crippen LogP contribution >= 0.6 is 0 Å². The summed E-state index contributed by atoms with van der Waals surface area (Å²) in [5, 5.41) is 187. The normalized spacial score (nSPS) is 52.1. The molecule has 40 nitrogen and oxygen atoms in total. The Labute approximate surface area is 650 Å². The van der Waals surface area contributed by atoms with Crippen molar-refractivity contribution in [1.82, 2.24) is 0 Å². The standard InChI is InChI=1S/C72H112O40S/c1-26-50(101-28(3)76)46(87)56(109-62-49(90)54(51(27(2)99-62)105-59-43(84)38(79)31(77)23-97-59)107-63-48(89)52(112-113(94,95)96)41(82)34(22-74)103-63)64(100-26)111-66(93)72-18-16-67(4,5)20-30(72)29-10-11-36-68(6)14-13-37(69(7,25-75)35(68)12-15-71(36,9)70(29,8)17-19-72)104-65-57(110-61-45(86)42(83)40(81)33(21-73)102-61)53(47(88)55(108-65)58(91)92)106-60-44(85)39(80)32(78)24-98-60/h10,25-27,30-57,59-65,73-74,77-90H,11-24H2,1-9H3,(H,91,92)(H,94,95,96). The number of hydrogen-bond donors (Lipinski definition) is 18. The van der Waals surface area contributed by atoms with E-state index < -0.39 is 302 Å². The number of aldehydes is 1.